The van der Waals surface area contributed by atoms with Gasteiger partial charge in [0, 0.05) is 48.1 Å². The number of ether oxygens (including phenoxy) is 1. The molecule has 1 aliphatic carbocycles. The van der Waals surface area contributed by atoms with Crippen LogP contribution in [0.2, 0.25) is 10.0 Å². The molecule has 1 amide bonds. The summed E-state index contributed by atoms with van der Waals surface area (Å²) >= 11 is 12.9. The second kappa shape index (κ2) is 11.6. The summed E-state index contributed by atoms with van der Waals surface area (Å²) in [5, 5.41) is -0.152. The van der Waals surface area contributed by atoms with E-state index in [-0.39, 0.29) is 61.8 Å². The molecular formula is C27H26Cl2FN3O6S. The molecule has 0 radical (unpaired) electrons. The molecule has 1 aliphatic rings. The van der Waals surface area contributed by atoms with E-state index in [0.717, 1.165) is 25.0 Å². The van der Waals surface area contributed by atoms with Gasteiger partial charge in [-0.05, 0) is 61.6 Å². The molecular weight excluding hydrogens is 584 g/mol. The van der Waals surface area contributed by atoms with Crippen molar-refractivity contribution >= 4 is 50.8 Å². The van der Waals surface area contributed by atoms with Gasteiger partial charge in [-0.25, -0.2) is 17.6 Å². The number of rotatable bonds is 10. The number of benzene rings is 2. The molecule has 4 rings (SSSR count). The molecule has 9 nitrogen and oxygen atoms in total. The van der Waals surface area contributed by atoms with E-state index < -0.39 is 39.9 Å². The van der Waals surface area contributed by atoms with Gasteiger partial charge in [-0.3, -0.25) is 13.9 Å². The Labute approximate surface area is 240 Å². The van der Waals surface area contributed by atoms with Gasteiger partial charge in [-0.15, -0.1) is 0 Å². The zero-order valence-corrected chi connectivity index (χ0v) is 23.9. The summed E-state index contributed by atoms with van der Waals surface area (Å²) in [5.74, 6) is -1.29. The van der Waals surface area contributed by atoms with Crippen LogP contribution in [0.1, 0.15) is 41.3 Å². The van der Waals surface area contributed by atoms with Crippen LogP contribution in [-0.4, -0.2) is 37.2 Å². The minimum absolute atomic E-state index is 0.00139. The lowest BCUT2D eigenvalue weighted by Crippen LogP contribution is -2.34. The van der Waals surface area contributed by atoms with Crippen LogP contribution in [0.15, 0.2) is 47.4 Å². The van der Waals surface area contributed by atoms with Crippen molar-refractivity contribution in [3.8, 4) is 11.1 Å². The number of nitrogens with two attached hydrogens (primary N) is 1. The number of sulfonamides is 1. The monoisotopic (exact) mass is 609 g/mol. The molecule has 0 spiro atoms. The first-order valence-corrected chi connectivity index (χ1v) is 14.6. The fourth-order valence-electron chi connectivity index (χ4n) is 4.21. The number of primary amides is 1. The largest absolute Gasteiger partial charge is 0.445 e. The van der Waals surface area contributed by atoms with E-state index in [4.69, 9.17) is 33.7 Å². The zero-order valence-electron chi connectivity index (χ0n) is 21.6. The Bertz CT molecular complexity index is 1670. The van der Waals surface area contributed by atoms with Crippen LogP contribution in [0.25, 0.3) is 11.1 Å². The average Bonchev–Trinajstić information content (AvgIpc) is 3.72. The number of carbonyl (C=O) groups is 2. The Morgan fingerprint density at radius 1 is 1.10 bits per heavy atom. The van der Waals surface area contributed by atoms with E-state index in [9.17, 15) is 27.2 Å². The summed E-state index contributed by atoms with van der Waals surface area (Å²) in [5.41, 5.74) is 5.51. The van der Waals surface area contributed by atoms with Crippen molar-refractivity contribution in [1.82, 2.24) is 4.57 Å². The second-order valence-electron chi connectivity index (χ2n) is 9.45. The third-order valence-electron chi connectivity index (χ3n) is 6.57. The number of hydrogen-bond donors (Lipinski definition) is 1. The van der Waals surface area contributed by atoms with Gasteiger partial charge < -0.3 is 15.0 Å². The van der Waals surface area contributed by atoms with Gasteiger partial charge in [-0.2, -0.15) is 0 Å². The molecule has 0 unspecified atom stereocenters. The van der Waals surface area contributed by atoms with Gasteiger partial charge in [0.15, 0.2) is 5.78 Å². The van der Waals surface area contributed by atoms with Crippen molar-refractivity contribution in [2.75, 3.05) is 16.6 Å². The molecule has 2 N–H and O–H groups in total. The molecule has 1 aromatic heterocycles. The van der Waals surface area contributed by atoms with Crippen LogP contribution in [0.3, 0.4) is 0 Å². The number of aromatic nitrogens is 1. The lowest BCUT2D eigenvalue weighted by atomic mass is 9.91. The summed E-state index contributed by atoms with van der Waals surface area (Å²) < 4.78 is 47.5. The van der Waals surface area contributed by atoms with E-state index in [1.165, 1.54) is 53.3 Å². The van der Waals surface area contributed by atoms with Crippen molar-refractivity contribution < 1.29 is 27.1 Å². The number of ketones is 1. The number of amides is 1. The second-order valence-corrected chi connectivity index (χ2v) is 12.4. The predicted molar refractivity (Wildman–Crippen MR) is 151 cm³/mol. The molecule has 0 saturated heterocycles. The lowest BCUT2D eigenvalue weighted by Gasteiger charge is -2.26. The molecule has 1 fully saturated rings. The summed E-state index contributed by atoms with van der Waals surface area (Å²) in [7, 11) is -2.29. The van der Waals surface area contributed by atoms with Gasteiger partial charge in [0.2, 0.25) is 10.0 Å². The van der Waals surface area contributed by atoms with Crippen LogP contribution in [-0.2, 0) is 28.4 Å². The highest BCUT2D eigenvalue weighted by molar-refractivity contribution is 7.92. The van der Waals surface area contributed by atoms with E-state index in [2.05, 4.69) is 0 Å². The first-order chi connectivity index (χ1) is 18.8. The van der Waals surface area contributed by atoms with Crippen molar-refractivity contribution in [3.63, 3.8) is 0 Å². The highest BCUT2D eigenvalue weighted by Crippen LogP contribution is 2.41. The van der Waals surface area contributed by atoms with Crippen molar-refractivity contribution in [2.45, 2.75) is 26.4 Å². The van der Waals surface area contributed by atoms with E-state index >= 15 is 0 Å². The number of nitrogens with zero attached hydrogens (tertiary/aromatic N) is 2. The highest BCUT2D eigenvalue weighted by Gasteiger charge is 2.33. The van der Waals surface area contributed by atoms with Crippen LogP contribution in [0, 0.1) is 11.7 Å². The van der Waals surface area contributed by atoms with Crippen LogP contribution in [0.5, 0.6) is 0 Å². The summed E-state index contributed by atoms with van der Waals surface area (Å²) in [6.45, 7) is 1.32. The zero-order chi connectivity index (χ0) is 29.4. The predicted octanol–water partition coefficient (Wildman–Crippen LogP) is 4.89. The van der Waals surface area contributed by atoms with Crippen LogP contribution < -0.4 is 15.6 Å². The fourth-order valence-corrected chi connectivity index (χ4v) is 5.98. The molecule has 2 aromatic carbocycles. The maximum Gasteiger partial charge on any atom is 0.404 e. The first-order valence-electron chi connectivity index (χ1n) is 12.3. The summed E-state index contributed by atoms with van der Waals surface area (Å²) in [6, 6.07) is 7.30. The van der Waals surface area contributed by atoms with Crippen LogP contribution in [0.4, 0.5) is 14.9 Å². The SMILES string of the molecule is CCS(=O)(=O)N(CC1CC1)c1cc(-c2cn(C)c(=O)cc2COC(N)=O)c(C(=O)c2ccc(F)cc2Cl)cc1Cl. The Hall–Kier alpha value is -3.41. The average molecular weight is 610 g/mol. The standard InChI is InChI=1S/C27H26Cl2FN3O6S/c1-3-40(37,38)33(12-15-4-5-15)24-11-19(21-13-32(2)25(34)8-16(21)14-39-27(31)36)20(10-23(24)29)26(35)18-7-6-17(30)9-22(18)28/h6-11,13,15H,3-5,12,14H2,1-2H3,(H2,31,36). The number of pyridine rings is 1. The lowest BCUT2D eigenvalue weighted by molar-refractivity contribution is 0.103. The maximum absolute atomic E-state index is 13.8. The van der Waals surface area contributed by atoms with Crippen molar-refractivity contribution in [3.05, 3.63) is 85.5 Å². The fraction of sp³-hybridized carbons (Fsp3) is 0.296. The maximum atomic E-state index is 13.8. The minimum Gasteiger partial charge on any atom is -0.445 e. The molecule has 0 atom stereocenters. The molecule has 1 heterocycles. The Morgan fingerprint density at radius 2 is 1.80 bits per heavy atom. The van der Waals surface area contributed by atoms with Gasteiger partial charge >= 0.3 is 6.09 Å². The molecule has 13 heteroatoms. The minimum atomic E-state index is -3.77. The number of aryl methyl sites for hydroxylation is 1. The Kier molecular flexibility index (Phi) is 8.57. The molecule has 0 aliphatic heterocycles. The number of hydrogen-bond acceptors (Lipinski definition) is 6. The number of anilines is 1. The van der Waals surface area contributed by atoms with Gasteiger partial charge in [0.1, 0.15) is 12.4 Å². The smallest absolute Gasteiger partial charge is 0.404 e. The first kappa shape index (κ1) is 29.6. The van der Waals surface area contributed by atoms with E-state index in [1.54, 1.807) is 0 Å². The third kappa shape index (κ3) is 6.32. The van der Waals surface area contributed by atoms with E-state index in [1.807, 2.05) is 0 Å². The van der Waals surface area contributed by atoms with E-state index in [0.29, 0.717) is 0 Å². The molecule has 3 aromatic rings. The Balaban J connectivity index is 2.02. The quantitative estimate of drug-likeness (QED) is 0.326. The van der Waals surface area contributed by atoms with Gasteiger partial charge in [-0.1, -0.05) is 23.2 Å². The molecule has 40 heavy (non-hydrogen) atoms. The third-order valence-corrected chi connectivity index (χ3v) is 8.93. The number of halogens is 3. The summed E-state index contributed by atoms with van der Waals surface area (Å²) in [4.78, 5) is 37.6. The van der Waals surface area contributed by atoms with Gasteiger partial charge in [0.25, 0.3) is 5.56 Å². The normalized spacial score (nSPS) is 13.2. The van der Waals surface area contributed by atoms with Crippen molar-refractivity contribution in [1.29, 1.82) is 0 Å². The summed E-state index contributed by atoms with van der Waals surface area (Å²) in [6.07, 6.45) is 2.09. The topological polar surface area (TPSA) is 129 Å². The van der Waals surface area contributed by atoms with Crippen LogP contribution >= 0.6 is 23.2 Å². The molecule has 1 saturated carbocycles. The molecule has 0 bridgehead atoms. The molecule has 212 valence electrons. The van der Waals surface area contributed by atoms with Crippen molar-refractivity contribution in [2.24, 2.45) is 18.7 Å². The number of carbonyl (C=O) groups excluding carboxylic acids is 2. The highest BCUT2D eigenvalue weighted by atomic mass is 35.5. The Morgan fingerprint density at radius 3 is 2.40 bits per heavy atom. The van der Waals surface area contributed by atoms with Gasteiger partial charge in [0.05, 0.1) is 21.5 Å².